The lowest BCUT2D eigenvalue weighted by molar-refractivity contribution is -0.129. The lowest BCUT2D eigenvalue weighted by Gasteiger charge is -2.20. The first-order valence-electron chi connectivity index (χ1n) is 4.70. The molecule has 2 heterocycles. The van der Waals surface area contributed by atoms with Gasteiger partial charge in [-0.2, -0.15) is 0 Å². The van der Waals surface area contributed by atoms with Crippen LogP contribution in [0.15, 0.2) is 11.6 Å². The Morgan fingerprint density at radius 1 is 1.71 bits per heavy atom. The molecule has 0 bridgehead atoms. The molecule has 76 valence electrons. The van der Waals surface area contributed by atoms with Crippen molar-refractivity contribution in [3.8, 4) is 0 Å². The largest absolute Gasteiger partial charge is 0.320 e. The first-order chi connectivity index (χ1) is 6.74. The van der Waals surface area contributed by atoms with Crippen LogP contribution in [0.3, 0.4) is 0 Å². The smallest absolute Gasteiger partial charge is 0.241 e. The molecule has 1 aliphatic heterocycles. The zero-order chi connectivity index (χ0) is 10.1. The summed E-state index contributed by atoms with van der Waals surface area (Å²) in [5, 5.41) is 6.12. The zero-order valence-corrected chi connectivity index (χ0v) is 9.04. The summed E-state index contributed by atoms with van der Waals surface area (Å²) in [4.78, 5) is 17.7. The van der Waals surface area contributed by atoms with Gasteiger partial charge in [0.15, 0.2) is 0 Å². The van der Waals surface area contributed by atoms with Gasteiger partial charge in [-0.05, 0) is 13.8 Å². The number of hydrogen-bond donors (Lipinski definition) is 1. The summed E-state index contributed by atoms with van der Waals surface area (Å²) in [6.45, 7) is 4.59. The van der Waals surface area contributed by atoms with E-state index in [0.717, 1.165) is 11.6 Å². The molecule has 0 saturated carbocycles. The van der Waals surface area contributed by atoms with E-state index in [2.05, 4.69) is 10.3 Å². The van der Waals surface area contributed by atoms with E-state index >= 15 is 0 Å². The van der Waals surface area contributed by atoms with Gasteiger partial charge in [0.2, 0.25) is 5.91 Å². The maximum atomic E-state index is 11.7. The normalized spacial score (nSPS) is 27.3. The van der Waals surface area contributed by atoms with Gasteiger partial charge in [-0.15, -0.1) is 11.3 Å². The minimum Gasteiger partial charge on any atom is -0.320 e. The maximum absolute atomic E-state index is 11.7. The number of rotatable bonds is 2. The highest BCUT2D eigenvalue weighted by Gasteiger charge is 2.37. The van der Waals surface area contributed by atoms with E-state index in [1.807, 2.05) is 24.1 Å². The predicted molar refractivity (Wildman–Crippen MR) is 54.8 cm³/mol. The summed E-state index contributed by atoms with van der Waals surface area (Å²) in [5.74, 6) is 0.160. The summed E-state index contributed by atoms with van der Waals surface area (Å²) in [6, 6.07) is -0.0937. The van der Waals surface area contributed by atoms with Crippen molar-refractivity contribution in [1.82, 2.24) is 15.2 Å². The van der Waals surface area contributed by atoms with Crippen LogP contribution in [0, 0.1) is 0 Å². The maximum Gasteiger partial charge on any atom is 0.241 e. The van der Waals surface area contributed by atoms with Crippen molar-refractivity contribution in [1.29, 1.82) is 0 Å². The molecule has 2 atom stereocenters. The third kappa shape index (κ3) is 1.42. The molecule has 14 heavy (non-hydrogen) atoms. The number of likely N-dealkylation sites (N-methyl/N-ethyl adjacent to an activating group) is 1. The van der Waals surface area contributed by atoms with Gasteiger partial charge in [0.25, 0.3) is 0 Å². The van der Waals surface area contributed by atoms with Crippen molar-refractivity contribution in [3.05, 3.63) is 16.6 Å². The molecule has 5 heteroatoms. The lowest BCUT2D eigenvalue weighted by atomic mass is 10.3. The Balaban J connectivity index is 2.24. The van der Waals surface area contributed by atoms with Crippen molar-refractivity contribution < 1.29 is 4.79 Å². The van der Waals surface area contributed by atoms with E-state index in [9.17, 15) is 4.79 Å². The fourth-order valence-electron chi connectivity index (χ4n) is 1.69. The van der Waals surface area contributed by atoms with Crippen molar-refractivity contribution in [2.45, 2.75) is 26.1 Å². The Labute approximate surface area is 86.9 Å². The van der Waals surface area contributed by atoms with Crippen molar-refractivity contribution in [3.63, 3.8) is 0 Å². The van der Waals surface area contributed by atoms with Crippen molar-refractivity contribution in [2.24, 2.45) is 0 Å². The van der Waals surface area contributed by atoms with E-state index in [1.54, 1.807) is 17.5 Å². The Morgan fingerprint density at radius 3 is 3.07 bits per heavy atom. The molecule has 0 aromatic carbocycles. The number of nitrogens with one attached hydrogen (secondary N) is 1. The average molecular weight is 211 g/mol. The van der Waals surface area contributed by atoms with Crippen LogP contribution in [0.2, 0.25) is 0 Å². The number of aromatic nitrogens is 1. The summed E-state index contributed by atoms with van der Waals surface area (Å²) in [5.41, 5.74) is 0. The van der Waals surface area contributed by atoms with Gasteiger partial charge in [0.1, 0.15) is 11.2 Å². The van der Waals surface area contributed by atoms with Crippen LogP contribution < -0.4 is 5.32 Å². The monoisotopic (exact) mass is 211 g/mol. The molecule has 2 unspecified atom stereocenters. The lowest BCUT2D eigenvalue weighted by Crippen LogP contribution is -2.30. The SMILES string of the molecule is CCN1C(=O)C(C)NC1c1nccs1. The van der Waals surface area contributed by atoms with Crippen molar-refractivity contribution in [2.75, 3.05) is 6.54 Å². The zero-order valence-electron chi connectivity index (χ0n) is 8.23. The van der Waals surface area contributed by atoms with E-state index in [4.69, 9.17) is 0 Å². The van der Waals surface area contributed by atoms with E-state index in [0.29, 0.717) is 0 Å². The van der Waals surface area contributed by atoms with Gasteiger partial charge in [-0.1, -0.05) is 0 Å². The van der Waals surface area contributed by atoms with Crippen LogP contribution in [0.1, 0.15) is 25.0 Å². The second-order valence-corrected chi connectivity index (χ2v) is 4.21. The molecule has 1 fully saturated rings. The Bertz CT molecular complexity index is 325. The molecule has 4 nitrogen and oxygen atoms in total. The molecule has 0 aliphatic carbocycles. The average Bonchev–Trinajstić information content (AvgIpc) is 2.76. The Hall–Kier alpha value is -0.940. The standard InChI is InChI=1S/C9H13N3OS/c1-3-12-7(8-10-4-5-14-8)11-6(2)9(12)13/h4-7,11H,3H2,1-2H3. The molecule has 0 spiro atoms. The minimum atomic E-state index is -0.0937. The van der Waals surface area contributed by atoms with Crippen LogP contribution in [0.4, 0.5) is 0 Å². The van der Waals surface area contributed by atoms with E-state index in [1.165, 1.54) is 0 Å². The van der Waals surface area contributed by atoms with Crippen LogP contribution in [-0.2, 0) is 4.79 Å². The highest BCUT2D eigenvalue weighted by Crippen LogP contribution is 2.25. The van der Waals surface area contributed by atoms with Gasteiger partial charge in [0.05, 0.1) is 6.04 Å². The Morgan fingerprint density at radius 2 is 2.50 bits per heavy atom. The summed E-state index contributed by atoms with van der Waals surface area (Å²) in [7, 11) is 0. The molecule has 1 aliphatic rings. The second-order valence-electron chi connectivity index (χ2n) is 3.29. The summed E-state index contributed by atoms with van der Waals surface area (Å²) >= 11 is 1.58. The first kappa shape index (κ1) is 9.61. The van der Waals surface area contributed by atoms with Gasteiger partial charge >= 0.3 is 0 Å². The number of hydrogen-bond acceptors (Lipinski definition) is 4. The van der Waals surface area contributed by atoms with Crippen LogP contribution in [-0.4, -0.2) is 28.4 Å². The highest BCUT2D eigenvalue weighted by molar-refractivity contribution is 7.09. The van der Waals surface area contributed by atoms with E-state index in [-0.39, 0.29) is 18.1 Å². The van der Waals surface area contributed by atoms with Gasteiger partial charge in [0, 0.05) is 18.1 Å². The molecular formula is C9H13N3OS. The number of thiazole rings is 1. The Kier molecular flexibility index (Phi) is 2.52. The molecule has 2 rings (SSSR count). The first-order valence-corrected chi connectivity index (χ1v) is 5.58. The minimum absolute atomic E-state index is 0.0255. The molecule has 1 saturated heterocycles. The third-order valence-corrected chi connectivity index (χ3v) is 3.23. The van der Waals surface area contributed by atoms with Crippen LogP contribution in [0.5, 0.6) is 0 Å². The number of carbonyl (C=O) groups excluding carboxylic acids is 1. The highest BCUT2D eigenvalue weighted by atomic mass is 32.1. The summed E-state index contributed by atoms with van der Waals surface area (Å²) < 4.78 is 0. The summed E-state index contributed by atoms with van der Waals surface area (Å²) in [6.07, 6.45) is 1.74. The molecule has 1 aromatic rings. The molecular weight excluding hydrogens is 198 g/mol. The van der Waals surface area contributed by atoms with Gasteiger partial charge < -0.3 is 4.90 Å². The molecule has 1 aromatic heterocycles. The molecule has 1 N–H and O–H groups in total. The quantitative estimate of drug-likeness (QED) is 0.793. The second kappa shape index (κ2) is 3.67. The topological polar surface area (TPSA) is 45.2 Å². The van der Waals surface area contributed by atoms with Crippen molar-refractivity contribution >= 4 is 17.2 Å². The number of amides is 1. The fourth-order valence-corrected chi connectivity index (χ4v) is 2.39. The number of nitrogens with zero attached hydrogens (tertiary/aromatic N) is 2. The predicted octanol–water partition coefficient (Wildman–Crippen LogP) is 0.982. The van der Waals surface area contributed by atoms with Gasteiger partial charge in [-0.25, -0.2) is 4.98 Å². The van der Waals surface area contributed by atoms with E-state index < -0.39 is 0 Å². The molecule has 1 amide bonds. The van der Waals surface area contributed by atoms with Crippen LogP contribution >= 0.6 is 11.3 Å². The van der Waals surface area contributed by atoms with Gasteiger partial charge in [-0.3, -0.25) is 10.1 Å². The fraction of sp³-hybridized carbons (Fsp3) is 0.556. The number of carbonyl (C=O) groups is 1. The van der Waals surface area contributed by atoms with Crippen LogP contribution in [0.25, 0.3) is 0 Å². The molecule has 0 radical (unpaired) electrons. The third-order valence-electron chi connectivity index (χ3n) is 2.40.